The van der Waals surface area contributed by atoms with Crippen molar-refractivity contribution in [2.24, 2.45) is 0 Å². The second-order valence-electron chi connectivity index (χ2n) is 6.01. The van der Waals surface area contributed by atoms with Crippen LogP contribution in [-0.2, 0) is 0 Å². The predicted octanol–water partition coefficient (Wildman–Crippen LogP) is 2.24. The quantitative estimate of drug-likeness (QED) is 0.880. The summed E-state index contributed by atoms with van der Waals surface area (Å²) in [5, 5.41) is 15.3. The maximum atomic E-state index is 12.1. The highest BCUT2D eigenvalue weighted by molar-refractivity contribution is 7.15. The second-order valence-corrected chi connectivity index (χ2v) is 7.02. The molecule has 0 aromatic carbocycles. The zero-order valence-corrected chi connectivity index (χ0v) is 14.6. The van der Waals surface area contributed by atoms with Gasteiger partial charge in [0.1, 0.15) is 5.01 Å². The van der Waals surface area contributed by atoms with Gasteiger partial charge in [-0.2, -0.15) is 0 Å². The summed E-state index contributed by atoms with van der Waals surface area (Å²) >= 11 is 1.41. The summed E-state index contributed by atoms with van der Waals surface area (Å²) in [6.45, 7) is 5.75. The number of hydrogen-bond donors (Lipinski definition) is 2. The van der Waals surface area contributed by atoms with Crippen molar-refractivity contribution >= 4 is 28.4 Å². The molecule has 1 aliphatic rings. The number of nitrogens with zero attached hydrogens (tertiary/aromatic N) is 5. The van der Waals surface area contributed by atoms with E-state index in [1.165, 1.54) is 11.3 Å². The standard InChI is InChI=1S/C15H21N7OS/c1-10(2)12-20-21-15(24-12)19-14(23)18-11-4-8-22(9-5-11)13-16-6-3-7-17-13/h3,6-7,10-11H,4-5,8-9H2,1-2H3,(H2,18,19,21,23). The van der Waals surface area contributed by atoms with Gasteiger partial charge in [0, 0.05) is 37.4 Å². The number of piperidine rings is 1. The van der Waals surface area contributed by atoms with E-state index in [9.17, 15) is 4.79 Å². The fourth-order valence-corrected chi connectivity index (χ4v) is 3.26. The number of hydrogen-bond acceptors (Lipinski definition) is 7. The molecule has 8 nitrogen and oxygen atoms in total. The molecule has 0 aliphatic carbocycles. The Kier molecular flexibility index (Phi) is 5.19. The van der Waals surface area contributed by atoms with Crippen LogP contribution in [0.5, 0.6) is 0 Å². The van der Waals surface area contributed by atoms with Crippen molar-refractivity contribution in [1.82, 2.24) is 25.5 Å². The van der Waals surface area contributed by atoms with E-state index in [0.717, 1.165) is 36.9 Å². The Bertz CT molecular complexity index is 667. The summed E-state index contributed by atoms with van der Waals surface area (Å²) in [4.78, 5) is 22.7. The third-order valence-electron chi connectivity index (χ3n) is 3.82. The van der Waals surface area contributed by atoms with Crippen LogP contribution in [0.1, 0.15) is 37.6 Å². The number of urea groups is 1. The molecule has 2 aromatic rings. The molecule has 0 atom stereocenters. The first-order valence-electron chi connectivity index (χ1n) is 8.04. The van der Waals surface area contributed by atoms with Gasteiger partial charge in [-0.3, -0.25) is 5.32 Å². The van der Waals surface area contributed by atoms with Gasteiger partial charge in [-0.05, 0) is 18.9 Å². The van der Waals surface area contributed by atoms with E-state index in [4.69, 9.17) is 0 Å². The van der Waals surface area contributed by atoms with Gasteiger partial charge in [-0.25, -0.2) is 14.8 Å². The van der Waals surface area contributed by atoms with Crippen LogP contribution in [0.2, 0.25) is 0 Å². The van der Waals surface area contributed by atoms with Gasteiger partial charge in [0.25, 0.3) is 0 Å². The molecule has 1 saturated heterocycles. The van der Waals surface area contributed by atoms with Crippen molar-refractivity contribution in [3.8, 4) is 0 Å². The van der Waals surface area contributed by atoms with Crippen LogP contribution in [0.25, 0.3) is 0 Å². The van der Waals surface area contributed by atoms with E-state index in [1.54, 1.807) is 18.5 Å². The van der Waals surface area contributed by atoms with E-state index in [-0.39, 0.29) is 12.1 Å². The number of aromatic nitrogens is 4. The fourth-order valence-electron chi connectivity index (χ4n) is 2.52. The van der Waals surface area contributed by atoms with Crippen LogP contribution in [0.3, 0.4) is 0 Å². The molecule has 2 N–H and O–H groups in total. The maximum absolute atomic E-state index is 12.1. The average molecular weight is 347 g/mol. The molecule has 0 bridgehead atoms. The molecule has 3 rings (SSSR count). The van der Waals surface area contributed by atoms with Crippen LogP contribution in [-0.4, -0.2) is 45.3 Å². The SMILES string of the molecule is CC(C)c1nnc(NC(=O)NC2CCN(c3ncccn3)CC2)s1. The van der Waals surface area contributed by atoms with Crippen molar-refractivity contribution in [1.29, 1.82) is 0 Å². The molecule has 1 fully saturated rings. The second kappa shape index (κ2) is 7.52. The minimum atomic E-state index is -0.226. The molecule has 2 amide bonds. The first kappa shape index (κ1) is 16.6. The van der Waals surface area contributed by atoms with Gasteiger partial charge >= 0.3 is 6.03 Å². The lowest BCUT2D eigenvalue weighted by molar-refractivity contribution is 0.246. The van der Waals surface area contributed by atoms with Crippen LogP contribution >= 0.6 is 11.3 Å². The zero-order chi connectivity index (χ0) is 16.9. The Morgan fingerprint density at radius 3 is 2.58 bits per heavy atom. The minimum absolute atomic E-state index is 0.141. The topological polar surface area (TPSA) is 95.9 Å². The molecule has 1 aliphatic heterocycles. The number of carbonyl (C=O) groups excluding carboxylic acids is 1. The molecular weight excluding hydrogens is 326 g/mol. The van der Waals surface area contributed by atoms with Gasteiger partial charge in [-0.1, -0.05) is 25.2 Å². The Morgan fingerprint density at radius 1 is 1.25 bits per heavy atom. The number of amides is 2. The molecule has 0 radical (unpaired) electrons. The average Bonchev–Trinajstić information content (AvgIpc) is 3.05. The molecule has 0 saturated carbocycles. The van der Waals surface area contributed by atoms with Crippen molar-refractivity contribution in [3.63, 3.8) is 0 Å². The Balaban J connectivity index is 1.46. The molecule has 0 spiro atoms. The third-order valence-corrected chi connectivity index (χ3v) is 4.96. The first-order valence-corrected chi connectivity index (χ1v) is 8.86. The first-order chi connectivity index (χ1) is 11.6. The Hall–Kier alpha value is -2.29. The van der Waals surface area contributed by atoms with Crippen molar-refractivity contribution in [2.45, 2.75) is 38.6 Å². The predicted molar refractivity (Wildman–Crippen MR) is 93.4 cm³/mol. The maximum Gasteiger partial charge on any atom is 0.321 e. The molecule has 0 unspecified atom stereocenters. The summed E-state index contributed by atoms with van der Waals surface area (Å²) in [7, 11) is 0. The fraction of sp³-hybridized carbons (Fsp3) is 0.533. The lowest BCUT2D eigenvalue weighted by Crippen LogP contribution is -2.46. The highest BCUT2D eigenvalue weighted by Gasteiger charge is 2.22. The highest BCUT2D eigenvalue weighted by atomic mass is 32.1. The molecule has 9 heteroatoms. The lowest BCUT2D eigenvalue weighted by atomic mass is 10.1. The summed E-state index contributed by atoms with van der Waals surface area (Å²) in [5.41, 5.74) is 0. The van der Waals surface area contributed by atoms with Crippen LogP contribution < -0.4 is 15.5 Å². The van der Waals surface area contributed by atoms with Crippen LogP contribution in [0, 0.1) is 0 Å². The molecule has 2 aromatic heterocycles. The van der Waals surface area contributed by atoms with Crippen molar-refractivity contribution in [2.75, 3.05) is 23.3 Å². The number of anilines is 2. The number of rotatable bonds is 4. The highest BCUT2D eigenvalue weighted by Crippen LogP contribution is 2.22. The van der Waals surface area contributed by atoms with Gasteiger partial charge < -0.3 is 10.2 Å². The Morgan fingerprint density at radius 2 is 1.96 bits per heavy atom. The van der Waals surface area contributed by atoms with E-state index in [0.29, 0.717) is 11.0 Å². The smallest absolute Gasteiger partial charge is 0.321 e. The summed E-state index contributed by atoms with van der Waals surface area (Å²) in [5.74, 6) is 1.06. The van der Waals surface area contributed by atoms with Gasteiger partial charge in [0.15, 0.2) is 0 Å². The third kappa shape index (κ3) is 4.16. The number of carbonyl (C=O) groups is 1. The van der Waals surface area contributed by atoms with E-state index in [2.05, 4.69) is 49.5 Å². The van der Waals surface area contributed by atoms with E-state index in [1.807, 2.05) is 0 Å². The molecule has 3 heterocycles. The van der Waals surface area contributed by atoms with Crippen molar-refractivity contribution < 1.29 is 4.79 Å². The van der Waals surface area contributed by atoms with Gasteiger partial charge in [0.2, 0.25) is 11.1 Å². The van der Waals surface area contributed by atoms with Crippen molar-refractivity contribution in [3.05, 3.63) is 23.5 Å². The normalized spacial score (nSPS) is 15.5. The molecule has 128 valence electrons. The zero-order valence-electron chi connectivity index (χ0n) is 13.8. The summed E-state index contributed by atoms with van der Waals surface area (Å²) < 4.78 is 0. The largest absolute Gasteiger partial charge is 0.341 e. The summed E-state index contributed by atoms with van der Waals surface area (Å²) in [6.07, 6.45) is 5.21. The van der Waals surface area contributed by atoms with E-state index < -0.39 is 0 Å². The van der Waals surface area contributed by atoms with Gasteiger partial charge in [-0.15, -0.1) is 10.2 Å². The minimum Gasteiger partial charge on any atom is -0.341 e. The van der Waals surface area contributed by atoms with Crippen LogP contribution in [0.4, 0.5) is 15.9 Å². The Labute approximate surface area is 144 Å². The molecular formula is C15H21N7OS. The summed E-state index contributed by atoms with van der Waals surface area (Å²) in [6, 6.07) is 1.72. The lowest BCUT2D eigenvalue weighted by Gasteiger charge is -2.32. The molecule has 24 heavy (non-hydrogen) atoms. The van der Waals surface area contributed by atoms with E-state index >= 15 is 0 Å². The number of nitrogens with one attached hydrogen (secondary N) is 2. The monoisotopic (exact) mass is 347 g/mol. The van der Waals surface area contributed by atoms with Gasteiger partial charge in [0.05, 0.1) is 0 Å². The van der Waals surface area contributed by atoms with Crippen LogP contribution in [0.15, 0.2) is 18.5 Å².